The number of methoxy groups -OCH3 is 1. The molecule has 104 valence electrons. The van der Waals surface area contributed by atoms with Crippen LogP contribution in [0.2, 0.25) is 0 Å². The van der Waals surface area contributed by atoms with E-state index in [-0.39, 0.29) is 6.07 Å². The Kier molecular flexibility index (Phi) is 3.77. The number of nitrogens with zero attached hydrogens (tertiary/aromatic N) is 1. The molecular formula is C8H5F3N2O6. The van der Waals surface area contributed by atoms with Crippen LogP contribution in [0.25, 0.3) is 0 Å². The van der Waals surface area contributed by atoms with Crippen LogP contribution in [0.1, 0.15) is 10.4 Å². The largest absolute Gasteiger partial charge is 0.575 e. The first-order valence-electron chi connectivity index (χ1n) is 4.41. The zero-order chi connectivity index (χ0) is 14.8. The predicted octanol–water partition coefficient (Wildman–Crippen LogP) is 0.968. The van der Waals surface area contributed by atoms with Gasteiger partial charge in [0.2, 0.25) is 11.0 Å². The van der Waals surface area contributed by atoms with Gasteiger partial charge < -0.3 is 19.6 Å². The molecule has 0 saturated heterocycles. The van der Waals surface area contributed by atoms with E-state index < -0.39 is 39.9 Å². The summed E-state index contributed by atoms with van der Waals surface area (Å²) in [7, 11) is 0.853. The minimum absolute atomic E-state index is 0.257. The molecule has 0 radical (unpaired) electrons. The predicted molar refractivity (Wildman–Crippen MR) is 51.7 cm³/mol. The Morgan fingerprint density at radius 1 is 1.47 bits per heavy atom. The van der Waals surface area contributed by atoms with Gasteiger partial charge in [-0.25, -0.2) is 9.78 Å². The number of rotatable bonds is 3. The summed E-state index contributed by atoms with van der Waals surface area (Å²) in [5.41, 5.74) is -2.36. The third kappa shape index (κ3) is 3.43. The molecule has 8 nitrogen and oxygen atoms in total. The number of aromatic nitrogens is 1. The normalized spacial score (nSPS) is 10.9. The first-order valence-corrected chi connectivity index (χ1v) is 4.41. The van der Waals surface area contributed by atoms with Gasteiger partial charge in [-0.3, -0.25) is 4.79 Å². The first kappa shape index (κ1) is 14.5. The summed E-state index contributed by atoms with van der Waals surface area (Å²) in [6.07, 6.45) is -5.15. The maximum absolute atomic E-state index is 11.9. The van der Waals surface area contributed by atoms with Crippen molar-refractivity contribution in [1.82, 2.24) is 4.98 Å². The third-order valence-corrected chi connectivity index (χ3v) is 1.78. The van der Waals surface area contributed by atoms with Gasteiger partial charge in [0.05, 0.1) is 13.2 Å². The SMILES string of the molecule is COC(=O)c1c([N+](=O)[O-])[nH]c(OC(F)(F)F)cc1=O. The van der Waals surface area contributed by atoms with E-state index in [1.54, 1.807) is 4.98 Å². The summed E-state index contributed by atoms with van der Waals surface area (Å²) in [5.74, 6) is -3.82. The van der Waals surface area contributed by atoms with Crippen molar-refractivity contribution in [2.24, 2.45) is 0 Å². The number of aromatic amines is 1. The van der Waals surface area contributed by atoms with Crippen molar-refractivity contribution < 1.29 is 32.4 Å². The number of nitro groups is 1. The van der Waals surface area contributed by atoms with Gasteiger partial charge >= 0.3 is 18.1 Å². The number of esters is 1. The van der Waals surface area contributed by atoms with Gasteiger partial charge in [-0.1, -0.05) is 0 Å². The molecule has 1 aromatic heterocycles. The molecule has 1 heterocycles. The van der Waals surface area contributed by atoms with E-state index in [0.717, 1.165) is 7.11 Å². The summed E-state index contributed by atoms with van der Waals surface area (Å²) in [6.45, 7) is 0. The standard InChI is InChI=1S/C8H5F3N2O6/c1-18-7(15)5-3(14)2-4(19-8(9,10)11)12-6(5)13(16)17/h2H,1H3,(H,12,14). The quantitative estimate of drug-likeness (QED) is 0.502. The van der Waals surface area contributed by atoms with E-state index in [1.165, 1.54) is 0 Å². The molecule has 0 fully saturated rings. The van der Waals surface area contributed by atoms with Crippen LogP contribution in [0.3, 0.4) is 0 Å². The molecule has 0 bridgehead atoms. The molecule has 0 aliphatic rings. The summed E-state index contributed by atoms with van der Waals surface area (Å²) in [5, 5.41) is 10.6. The van der Waals surface area contributed by atoms with Crippen molar-refractivity contribution in [1.29, 1.82) is 0 Å². The number of hydrogen-bond acceptors (Lipinski definition) is 6. The Bertz CT molecular complexity index is 579. The van der Waals surface area contributed by atoms with Crippen molar-refractivity contribution in [3.63, 3.8) is 0 Å². The minimum atomic E-state index is -5.15. The van der Waals surface area contributed by atoms with Crippen LogP contribution in [-0.2, 0) is 4.74 Å². The maximum atomic E-state index is 11.9. The van der Waals surface area contributed by atoms with Gasteiger partial charge in [-0.2, -0.15) is 0 Å². The highest BCUT2D eigenvalue weighted by Crippen LogP contribution is 2.23. The highest BCUT2D eigenvalue weighted by molar-refractivity contribution is 5.92. The Balaban J connectivity index is 3.42. The molecule has 11 heteroatoms. The molecule has 0 aliphatic carbocycles. The van der Waals surface area contributed by atoms with Gasteiger partial charge in [-0.05, 0) is 4.92 Å². The number of nitrogens with one attached hydrogen (secondary N) is 1. The van der Waals surface area contributed by atoms with Crippen molar-refractivity contribution in [3.05, 3.63) is 32.0 Å². The fourth-order valence-electron chi connectivity index (χ4n) is 1.14. The number of ether oxygens (including phenoxy) is 2. The van der Waals surface area contributed by atoms with Crippen LogP contribution in [0.15, 0.2) is 10.9 Å². The van der Waals surface area contributed by atoms with Gasteiger partial charge in [-0.15, -0.1) is 13.2 Å². The Hall–Kier alpha value is -2.59. The van der Waals surface area contributed by atoms with Gasteiger partial charge in [0.15, 0.2) is 0 Å². The van der Waals surface area contributed by atoms with Crippen molar-refractivity contribution >= 4 is 11.8 Å². The lowest BCUT2D eigenvalue weighted by Gasteiger charge is -2.07. The van der Waals surface area contributed by atoms with Crippen molar-refractivity contribution in [3.8, 4) is 5.88 Å². The second-order valence-electron chi connectivity index (χ2n) is 3.02. The molecule has 0 amide bonds. The summed E-state index contributed by atoms with van der Waals surface area (Å²) in [4.78, 5) is 33.5. The molecule has 0 aliphatic heterocycles. The average molecular weight is 282 g/mol. The Labute approximate surface area is 101 Å². The van der Waals surface area contributed by atoms with Crippen LogP contribution >= 0.6 is 0 Å². The van der Waals surface area contributed by atoms with Crippen LogP contribution in [0.5, 0.6) is 5.88 Å². The maximum Gasteiger partial charge on any atom is 0.575 e. The highest BCUT2D eigenvalue weighted by Gasteiger charge is 2.35. The molecule has 0 aromatic carbocycles. The molecule has 0 unspecified atom stereocenters. The van der Waals surface area contributed by atoms with Crippen LogP contribution in [-0.4, -0.2) is 29.3 Å². The highest BCUT2D eigenvalue weighted by atomic mass is 19.4. The van der Waals surface area contributed by atoms with Crippen molar-refractivity contribution in [2.75, 3.05) is 7.11 Å². The first-order chi connectivity index (χ1) is 8.65. The van der Waals surface area contributed by atoms with E-state index in [1.807, 2.05) is 0 Å². The van der Waals surface area contributed by atoms with Crippen LogP contribution < -0.4 is 10.2 Å². The summed E-state index contributed by atoms with van der Waals surface area (Å²) in [6, 6.07) is 0.257. The lowest BCUT2D eigenvalue weighted by molar-refractivity contribution is -0.390. The van der Waals surface area contributed by atoms with Gasteiger partial charge in [0.1, 0.15) is 0 Å². The topological polar surface area (TPSA) is 112 Å². The molecule has 1 aromatic rings. The number of H-pyrrole nitrogens is 1. The molecule has 1 rings (SSSR count). The van der Waals surface area contributed by atoms with Crippen molar-refractivity contribution in [2.45, 2.75) is 6.36 Å². The number of halogens is 3. The number of carbonyl (C=O) groups is 1. The zero-order valence-corrected chi connectivity index (χ0v) is 9.11. The molecule has 0 spiro atoms. The van der Waals surface area contributed by atoms with E-state index in [9.17, 15) is 32.9 Å². The fourth-order valence-corrected chi connectivity index (χ4v) is 1.14. The average Bonchev–Trinajstić information content (AvgIpc) is 2.24. The lowest BCUT2D eigenvalue weighted by atomic mass is 10.2. The van der Waals surface area contributed by atoms with E-state index in [0.29, 0.717) is 0 Å². The molecule has 0 atom stereocenters. The van der Waals surface area contributed by atoms with Crippen LogP contribution in [0.4, 0.5) is 19.0 Å². The second-order valence-corrected chi connectivity index (χ2v) is 3.02. The smallest absolute Gasteiger partial charge is 0.465 e. The molecule has 19 heavy (non-hydrogen) atoms. The van der Waals surface area contributed by atoms with E-state index in [4.69, 9.17) is 0 Å². The summed E-state index contributed by atoms with van der Waals surface area (Å²) >= 11 is 0. The molecule has 1 N–H and O–H groups in total. The van der Waals surface area contributed by atoms with Crippen LogP contribution in [0, 0.1) is 10.1 Å². The number of carbonyl (C=O) groups excluding carboxylic acids is 1. The second kappa shape index (κ2) is 4.96. The fraction of sp³-hybridized carbons (Fsp3) is 0.250. The van der Waals surface area contributed by atoms with Gasteiger partial charge in [0.25, 0.3) is 5.88 Å². The monoisotopic (exact) mass is 282 g/mol. The minimum Gasteiger partial charge on any atom is -0.465 e. The lowest BCUT2D eigenvalue weighted by Crippen LogP contribution is -2.23. The van der Waals surface area contributed by atoms with E-state index >= 15 is 0 Å². The number of hydrogen-bond donors (Lipinski definition) is 1. The Morgan fingerprint density at radius 3 is 2.47 bits per heavy atom. The molecule has 0 saturated carbocycles. The van der Waals surface area contributed by atoms with Gasteiger partial charge in [0, 0.05) is 0 Å². The number of pyridine rings is 1. The third-order valence-electron chi connectivity index (χ3n) is 1.78. The Morgan fingerprint density at radius 2 is 2.05 bits per heavy atom. The summed E-state index contributed by atoms with van der Waals surface area (Å²) < 4.78 is 43.2. The zero-order valence-electron chi connectivity index (χ0n) is 9.11. The van der Waals surface area contributed by atoms with E-state index in [2.05, 4.69) is 9.47 Å². The number of alkyl halides is 3. The molecular weight excluding hydrogens is 277 g/mol.